The first-order valence-corrected chi connectivity index (χ1v) is 4.19. The summed E-state index contributed by atoms with van der Waals surface area (Å²) in [6, 6.07) is 0. The van der Waals surface area contributed by atoms with Crippen molar-refractivity contribution in [2.75, 3.05) is 26.9 Å². The van der Waals surface area contributed by atoms with E-state index in [4.69, 9.17) is 0 Å². The molecule has 11 heavy (non-hydrogen) atoms. The molecule has 0 aromatic heterocycles. The van der Waals surface area contributed by atoms with E-state index in [1.165, 1.54) is 11.8 Å². The fourth-order valence-corrected chi connectivity index (χ4v) is 0.950. The van der Waals surface area contributed by atoms with Crippen LogP contribution in [0.15, 0.2) is 5.10 Å². The van der Waals surface area contributed by atoms with Crippen molar-refractivity contribution in [2.45, 2.75) is 0 Å². The predicted molar refractivity (Wildman–Crippen MR) is 46.5 cm³/mol. The number of hydrazone groups is 1. The van der Waals surface area contributed by atoms with Crippen LogP contribution in [0.25, 0.3) is 0 Å². The zero-order valence-corrected chi connectivity index (χ0v) is 7.59. The number of rotatable bonds is 3. The van der Waals surface area contributed by atoms with E-state index in [9.17, 15) is 10.1 Å². The summed E-state index contributed by atoms with van der Waals surface area (Å²) in [5.74, 6) is 0. The van der Waals surface area contributed by atoms with Crippen molar-refractivity contribution < 1.29 is 4.92 Å². The highest BCUT2D eigenvalue weighted by atomic mass is 32.2. The molecule has 5 nitrogen and oxygen atoms in total. The van der Waals surface area contributed by atoms with Gasteiger partial charge in [0.25, 0.3) is 6.54 Å². The second-order valence-corrected chi connectivity index (χ2v) is 2.92. The summed E-state index contributed by atoms with van der Waals surface area (Å²) in [6.07, 6.45) is 1.77. The normalized spacial score (nSPS) is 11.4. The standard InChI is InChI=1S/C5H11N3O2S/c1-7(2)6-5(11-3)4-8(9)10/h4H2,1-3H3. The maximum atomic E-state index is 10.0. The lowest BCUT2D eigenvalue weighted by Gasteiger charge is -2.04. The molecule has 0 unspecified atom stereocenters. The van der Waals surface area contributed by atoms with E-state index in [0.717, 1.165) is 0 Å². The third-order valence-electron chi connectivity index (χ3n) is 0.812. The minimum atomic E-state index is -0.390. The van der Waals surface area contributed by atoms with Gasteiger partial charge in [-0.2, -0.15) is 5.10 Å². The molecule has 0 saturated heterocycles. The molecule has 0 rings (SSSR count). The third-order valence-corrected chi connectivity index (χ3v) is 1.49. The van der Waals surface area contributed by atoms with Crippen molar-refractivity contribution in [1.82, 2.24) is 5.01 Å². The van der Waals surface area contributed by atoms with Crippen LogP contribution in [-0.4, -0.2) is 41.9 Å². The quantitative estimate of drug-likeness (QED) is 0.272. The van der Waals surface area contributed by atoms with Gasteiger partial charge < -0.3 is 5.01 Å². The van der Waals surface area contributed by atoms with E-state index in [-0.39, 0.29) is 6.54 Å². The molecule has 0 aromatic carbocycles. The van der Waals surface area contributed by atoms with Crippen molar-refractivity contribution in [1.29, 1.82) is 0 Å². The molecule has 0 radical (unpaired) electrons. The first-order chi connectivity index (χ1) is 5.06. The lowest BCUT2D eigenvalue weighted by atomic mass is 10.7. The Hall–Kier alpha value is -0.780. The van der Waals surface area contributed by atoms with Gasteiger partial charge in [0.2, 0.25) is 0 Å². The molecular formula is C5H11N3O2S. The summed E-state index contributed by atoms with van der Waals surface area (Å²) >= 11 is 1.29. The summed E-state index contributed by atoms with van der Waals surface area (Å²) in [5.41, 5.74) is 0. The summed E-state index contributed by atoms with van der Waals surface area (Å²) in [7, 11) is 3.46. The molecule has 0 aromatic rings. The largest absolute Gasteiger partial charge is 0.302 e. The molecule has 0 aliphatic heterocycles. The zero-order valence-electron chi connectivity index (χ0n) is 6.77. The minimum absolute atomic E-state index is 0.195. The molecule has 0 N–H and O–H groups in total. The fourth-order valence-electron chi connectivity index (χ4n) is 0.471. The molecule has 0 amide bonds. The molecule has 0 aliphatic carbocycles. The van der Waals surface area contributed by atoms with Gasteiger partial charge in [0, 0.05) is 19.0 Å². The Labute approximate surface area is 69.6 Å². The van der Waals surface area contributed by atoms with E-state index in [1.54, 1.807) is 25.4 Å². The van der Waals surface area contributed by atoms with Crippen LogP contribution in [0, 0.1) is 10.1 Å². The Bertz CT molecular complexity index is 169. The second-order valence-electron chi connectivity index (χ2n) is 2.04. The number of hydrogen-bond donors (Lipinski definition) is 0. The SMILES string of the molecule is CSC(C[N+](=O)[O-])=NN(C)C. The number of hydrogen-bond acceptors (Lipinski definition) is 5. The number of thioether (sulfide) groups is 1. The van der Waals surface area contributed by atoms with Gasteiger partial charge in [-0.05, 0) is 6.26 Å². The summed E-state index contributed by atoms with van der Waals surface area (Å²) < 4.78 is 0. The summed E-state index contributed by atoms with van der Waals surface area (Å²) in [4.78, 5) is 9.65. The Morgan fingerprint density at radius 1 is 1.73 bits per heavy atom. The molecule has 0 heterocycles. The van der Waals surface area contributed by atoms with Crippen LogP contribution < -0.4 is 0 Å². The topological polar surface area (TPSA) is 58.7 Å². The Kier molecular flexibility index (Phi) is 4.60. The highest BCUT2D eigenvalue weighted by molar-refractivity contribution is 8.13. The Morgan fingerprint density at radius 2 is 2.27 bits per heavy atom. The molecular weight excluding hydrogens is 166 g/mol. The molecule has 0 saturated carbocycles. The highest BCUT2D eigenvalue weighted by Crippen LogP contribution is 1.99. The fraction of sp³-hybridized carbons (Fsp3) is 0.800. The van der Waals surface area contributed by atoms with Gasteiger partial charge in [-0.15, -0.1) is 11.8 Å². The zero-order chi connectivity index (χ0) is 8.85. The molecule has 0 spiro atoms. The van der Waals surface area contributed by atoms with Crippen LogP contribution >= 0.6 is 11.8 Å². The van der Waals surface area contributed by atoms with Gasteiger partial charge >= 0.3 is 0 Å². The predicted octanol–water partition coefficient (Wildman–Crippen LogP) is 0.501. The van der Waals surface area contributed by atoms with Crippen LogP contribution in [0.1, 0.15) is 0 Å². The van der Waals surface area contributed by atoms with E-state index in [1.807, 2.05) is 0 Å². The molecule has 0 fully saturated rings. The van der Waals surface area contributed by atoms with Gasteiger partial charge in [0.15, 0.2) is 5.04 Å². The first-order valence-electron chi connectivity index (χ1n) is 2.97. The van der Waals surface area contributed by atoms with Gasteiger partial charge in [-0.3, -0.25) is 10.1 Å². The summed E-state index contributed by atoms with van der Waals surface area (Å²) in [6.45, 7) is -0.195. The van der Waals surface area contributed by atoms with Crippen LogP contribution in [0.5, 0.6) is 0 Å². The van der Waals surface area contributed by atoms with E-state index >= 15 is 0 Å². The van der Waals surface area contributed by atoms with E-state index in [2.05, 4.69) is 5.10 Å². The van der Waals surface area contributed by atoms with Crippen LogP contribution in [0.3, 0.4) is 0 Å². The molecule has 0 bridgehead atoms. The van der Waals surface area contributed by atoms with Gasteiger partial charge in [-0.25, -0.2) is 0 Å². The van der Waals surface area contributed by atoms with Crippen molar-refractivity contribution in [3.63, 3.8) is 0 Å². The lowest BCUT2D eigenvalue weighted by molar-refractivity contribution is -0.462. The smallest absolute Gasteiger partial charge is 0.253 e. The monoisotopic (exact) mass is 177 g/mol. The van der Waals surface area contributed by atoms with E-state index < -0.39 is 4.92 Å². The van der Waals surface area contributed by atoms with Crippen molar-refractivity contribution in [3.05, 3.63) is 10.1 Å². The van der Waals surface area contributed by atoms with Crippen molar-refractivity contribution in [2.24, 2.45) is 5.10 Å². The highest BCUT2D eigenvalue weighted by Gasteiger charge is 2.05. The molecule has 64 valence electrons. The van der Waals surface area contributed by atoms with Crippen molar-refractivity contribution in [3.8, 4) is 0 Å². The number of nitro groups is 1. The Balaban J connectivity index is 4.05. The minimum Gasteiger partial charge on any atom is -0.302 e. The molecule has 0 atom stereocenters. The molecule has 6 heteroatoms. The first kappa shape index (κ1) is 10.2. The lowest BCUT2D eigenvalue weighted by Crippen LogP contribution is -2.14. The van der Waals surface area contributed by atoms with Gasteiger partial charge in [-0.1, -0.05) is 0 Å². The average molecular weight is 177 g/mol. The van der Waals surface area contributed by atoms with Gasteiger partial charge in [0.1, 0.15) is 0 Å². The maximum absolute atomic E-state index is 10.0. The average Bonchev–Trinajstić information content (AvgIpc) is 1.84. The third kappa shape index (κ3) is 5.65. The van der Waals surface area contributed by atoms with Gasteiger partial charge in [0.05, 0.1) is 0 Å². The van der Waals surface area contributed by atoms with Crippen LogP contribution in [0.2, 0.25) is 0 Å². The molecule has 0 aliphatic rings. The summed E-state index contributed by atoms with van der Waals surface area (Å²) in [5, 5.41) is 16.0. The van der Waals surface area contributed by atoms with E-state index in [0.29, 0.717) is 5.04 Å². The number of nitrogens with zero attached hydrogens (tertiary/aromatic N) is 3. The second kappa shape index (κ2) is 4.95. The Morgan fingerprint density at radius 3 is 2.55 bits per heavy atom. The maximum Gasteiger partial charge on any atom is 0.253 e. The van der Waals surface area contributed by atoms with Crippen LogP contribution in [0.4, 0.5) is 0 Å². The van der Waals surface area contributed by atoms with Crippen molar-refractivity contribution >= 4 is 16.8 Å². The van der Waals surface area contributed by atoms with Crippen LogP contribution in [-0.2, 0) is 0 Å².